The van der Waals surface area contributed by atoms with Gasteiger partial charge in [0.2, 0.25) is 0 Å². The van der Waals surface area contributed by atoms with Crippen LogP contribution in [-0.2, 0) is 6.42 Å². The zero-order valence-corrected chi connectivity index (χ0v) is 11.7. The topological polar surface area (TPSA) is 38.0 Å². The molecule has 102 valence electrons. The van der Waals surface area contributed by atoms with Crippen LogP contribution in [0.25, 0.3) is 0 Å². The van der Waals surface area contributed by atoms with Crippen molar-refractivity contribution in [2.75, 3.05) is 0 Å². The first-order valence-electron chi connectivity index (χ1n) is 7.37. The molecule has 3 nitrogen and oxygen atoms in total. The van der Waals surface area contributed by atoms with Crippen molar-refractivity contribution in [2.24, 2.45) is 0 Å². The fourth-order valence-electron chi connectivity index (χ4n) is 3.04. The van der Waals surface area contributed by atoms with Crippen LogP contribution in [0.15, 0.2) is 12.3 Å². The quantitative estimate of drug-likeness (QED) is 0.868. The molecule has 1 aromatic heterocycles. The van der Waals surface area contributed by atoms with Crippen LogP contribution in [0.2, 0.25) is 0 Å². The maximum atomic E-state index is 10.2. The average Bonchev–Trinajstić information content (AvgIpc) is 2.77. The van der Waals surface area contributed by atoms with Crippen molar-refractivity contribution in [3.63, 3.8) is 0 Å². The number of hydrogen-bond donors (Lipinski definition) is 1. The molecule has 0 aliphatic heterocycles. The Balaban J connectivity index is 1.97. The van der Waals surface area contributed by atoms with Crippen LogP contribution < -0.4 is 0 Å². The van der Waals surface area contributed by atoms with E-state index in [1.165, 1.54) is 32.1 Å². The Bertz CT molecular complexity index is 364. The van der Waals surface area contributed by atoms with E-state index in [0.717, 1.165) is 18.5 Å². The number of nitrogens with zero attached hydrogens (tertiary/aromatic N) is 2. The van der Waals surface area contributed by atoms with E-state index in [9.17, 15) is 5.11 Å². The minimum absolute atomic E-state index is 0.587. The lowest BCUT2D eigenvalue weighted by Crippen LogP contribution is -2.27. The highest BCUT2D eigenvalue weighted by Crippen LogP contribution is 2.28. The highest BCUT2D eigenvalue weighted by Gasteiger charge is 2.22. The Morgan fingerprint density at radius 2 is 2.11 bits per heavy atom. The zero-order chi connectivity index (χ0) is 13.0. The van der Waals surface area contributed by atoms with Crippen molar-refractivity contribution < 1.29 is 5.11 Å². The van der Waals surface area contributed by atoms with E-state index < -0.39 is 5.60 Å². The van der Waals surface area contributed by atoms with Crippen LogP contribution in [-0.4, -0.2) is 20.5 Å². The summed E-state index contributed by atoms with van der Waals surface area (Å²) in [6.45, 7) is 4.02. The highest BCUT2D eigenvalue weighted by atomic mass is 16.3. The summed E-state index contributed by atoms with van der Waals surface area (Å²) in [6, 6.07) is 2.65. The van der Waals surface area contributed by atoms with Gasteiger partial charge in [-0.3, -0.25) is 4.68 Å². The normalized spacial score (nSPS) is 20.8. The Morgan fingerprint density at radius 1 is 1.39 bits per heavy atom. The second-order valence-corrected chi connectivity index (χ2v) is 6.00. The van der Waals surface area contributed by atoms with Gasteiger partial charge in [0.1, 0.15) is 0 Å². The molecule has 0 radical (unpaired) electrons. The Morgan fingerprint density at radius 3 is 2.78 bits per heavy atom. The molecule has 1 fully saturated rings. The zero-order valence-electron chi connectivity index (χ0n) is 11.7. The van der Waals surface area contributed by atoms with Crippen LogP contribution in [0.1, 0.15) is 70.5 Å². The first-order chi connectivity index (χ1) is 8.61. The van der Waals surface area contributed by atoms with E-state index in [0.29, 0.717) is 12.5 Å². The van der Waals surface area contributed by atoms with Gasteiger partial charge >= 0.3 is 0 Å². The van der Waals surface area contributed by atoms with Gasteiger partial charge in [-0.1, -0.05) is 32.6 Å². The lowest BCUT2D eigenvalue weighted by molar-refractivity contribution is 0.0493. The summed E-state index contributed by atoms with van der Waals surface area (Å²) in [5, 5.41) is 14.9. The van der Waals surface area contributed by atoms with Gasteiger partial charge in [0.05, 0.1) is 17.3 Å². The summed E-state index contributed by atoms with van der Waals surface area (Å²) in [5.41, 5.74) is 0.416. The Labute approximate surface area is 110 Å². The molecule has 1 unspecified atom stereocenters. The number of aromatic nitrogens is 2. The molecule has 1 saturated carbocycles. The van der Waals surface area contributed by atoms with Crippen molar-refractivity contribution in [1.82, 2.24) is 9.78 Å². The molecule has 0 aromatic carbocycles. The molecule has 3 heteroatoms. The minimum Gasteiger partial charge on any atom is -0.390 e. The summed E-state index contributed by atoms with van der Waals surface area (Å²) in [4.78, 5) is 0. The number of hydrogen-bond acceptors (Lipinski definition) is 2. The predicted molar refractivity (Wildman–Crippen MR) is 73.6 cm³/mol. The maximum Gasteiger partial charge on any atom is 0.0675 e. The largest absolute Gasteiger partial charge is 0.390 e. The van der Waals surface area contributed by atoms with E-state index in [4.69, 9.17) is 0 Å². The molecule has 0 bridgehead atoms. The van der Waals surface area contributed by atoms with Crippen LogP contribution in [0.4, 0.5) is 0 Å². The first-order valence-corrected chi connectivity index (χ1v) is 7.37. The fraction of sp³-hybridized carbons (Fsp3) is 0.800. The van der Waals surface area contributed by atoms with Gasteiger partial charge in [-0.2, -0.15) is 5.10 Å². The van der Waals surface area contributed by atoms with Crippen molar-refractivity contribution in [3.8, 4) is 0 Å². The van der Waals surface area contributed by atoms with Crippen molar-refractivity contribution >= 4 is 0 Å². The molecule has 1 N–H and O–H groups in total. The van der Waals surface area contributed by atoms with Crippen LogP contribution in [0.3, 0.4) is 0 Å². The van der Waals surface area contributed by atoms with Crippen LogP contribution in [0, 0.1) is 0 Å². The number of rotatable bonds is 5. The van der Waals surface area contributed by atoms with Gasteiger partial charge in [0, 0.05) is 12.6 Å². The molecule has 0 spiro atoms. The lowest BCUT2D eigenvalue weighted by Gasteiger charge is -2.23. The second-order valence-electron chi connectivity index (χ2n) is 6.00. The third-order valence-corrected chi connectivity index (χ3v) is 3.96. The van der Waals surface area contributed by atoms with E-state index in [-0.39, 0.29) is 0 Å². The molecular weight excluding hydrogens is 224 g/mol. The van der Waals surface area contributed by atoms with Gasteiger partial charge in [-0.25, -0.2) is 0 Å². The molecule has 1 aromatic rings. The molecule has 1 aliphatic carbocycles. The molecule has 0 amide bonds. The molecule has 18 heavy (non-hydrogen) atoms. The van der Waals surface area contributed by atoms with E-state index in [1.807, 2.05) is 6.92 Å². The SMILES string of the molecule is CCCC(C)(O)Cc1ccn(C2CCCCC2)n1. The summed E-state index contributed by atoms with van der Waals surface area (Å²) in [7, 11) is 0. The van der Waals surface area contributed by atoms with Gasteiger partial charge in [0.15, 0.2) is 0 Å². The van der Waals surface area contributed by atoms with Gasteiger partial charge in [0.25, 0.3) is 0 Å². The van der Waals surface area contributed by atoms with E-state index in [1.54, 1.807) is 0 Å². The summed E-state index contributed by atoms with van der Waals surface area (Å²) in [5.74, 6) is 0. The smallest absolute Gasteiger partial charge is 0.0675 e. The standard InChI is InChI=1S/C15H26N2O/c1-3-10-15(2,18)12-13-9-11-17(16-13)14-7-5-4-6-8-14/h9,11,14,18H,3-8,10,12H2,1-2H3. The number of aliphatic hydroxyl groups is 1. The maximum absolute atomic E-state index is 10.2. The molecule has 1 heterocycles. The Kier molecular flexibility index (Phi) is 4.44. The molecule has 1 aliphatic rings. The molecule has 1 atom stereocenters. The first kappa shape index (κ1) is 13.6. The second kappa shape index (κ2) is 5.87. The van der Waals surface area contributed by atoms with Crippen molar-refractivity contribution in [1.29, 1.82) is 0 Å². The third-order valence-electron chi connectivity index (χ3n) is 3.96. The van der Waals surface area contributed by atoms with Crippen molar-refractivity contribution in [2.45, 2.75) is 76.9 Å². The highest BCUT2D eigenvalue weighted by molar-refractivity contribution is 5.04. The van der Waals surface area contributed by atoms with Crippen molar-refractivity contribution in [3.05, 3.63) is 18.0 Å². The monoisotopic (exact) mass is 250 g/mol. The molecule has 2 rings (SSSR count). The minimum atomic E-state index is -0.611. The summed E-state index contributed by atoms with van der Waals surface area (Å²) in [6.07, 6.45) is 11.1. The van der Waals surface area contributed by atoms with E-state index in [2.05, 4.69) is 29.0 Å². The summed E-state index contributed by atoms with van der Waals surface area (Å²) < 4.78 is 2.12. The Hall–Kier alpha value is -0.830. The predicted octanol–water partition coefficient (Wildman–Crippen LogP) is 3.48. The fourth-order valence-corrected chi connectivity index (χ4v) is 3.04. The van der Waals surface area contributed by atoms with Gasteiger partial charge in [-0.05, 0) is 32.3 Å². The third kappa shape index (κ3) is 3.58. The van der Waals surface area contributed by atoms with Crippen LogP contribution >= 0.6 is 0 Å². The van der Waals surface area contributed by atoms with Gasteiger partial charge < -0.3 is 5.11 Å². The molecular formula is C15H26N2O. The lowest BCUT2D eigenvalue weighted by atomic mass is 9.95. The van der Waals surface area contributed by atoms with Gasteiger partial charge in [-0.15, -0.1) is 0 Å². The average molecular weight is 250 g/mol. The molecule has 0 saturated heterocycles. The van der Waals surface area contributed by atoms with Crippen LogP contribution in [0.5, 0.6) is 0 Å². The van der Waals surface area contributed by atoms with E-state index >= 15 is 0 Å². The summed E-state index contributed by atoms with van der Waals surface area (Å²) >= 11 is 0.